The van der Waals surface area contributed by atoms with Crippen LogP contribution in [0.3, 0.4) is 0 Å². The minimum absolute atomic E-state index is 0.509. The van der Waals surface area contributed by atoms with Gasteiger partial charge in [0.25, 0.3) is 0 Å². The van der Waals surface area contributed by atoms with Crippen LogP contribution in [0.4, 0.5) is 17.6 Å². The molecule has 0 saturated carbocycles. The van der Waals surface area contributed by atoms with E-state index in [0.717, 1.165) is 7.11 Å². The highest BCUT2D eigenvalue weighted by Gasteiger charge is 2.32. The Hall–Kier alpha value is -2.30. The summed E-state index contributed by atoms with van der Waals surface area (Å²) in [6.45, 7) is 0. The molecule has 0 aliphatic heterocycles. The zero-order chi connectivity index (χ0) is 13.9. The van der Waals surface area contributed by atoms with E-state index >= 15 is 0 Å². The van der Waals surface area contributed by atoms with Crippen LogP contribution < -0.4 is 4.74 Å². The van der Waals surface area contributed by atoms with Crippen molar-refractivity contribution in [2.45, 2.75) is 6.36 Å². The van der Waals surface area contributed by atoms with Crippen molar-refractivity contribution in [3.05, 3.63) is 29.1 Å². The van der Waals surface area contributed by atoms with E-state index in [4.69, 9.17) is 5.26 Å². The average Bonchev–Trinajstić information content (AvgIpc) is 2.28. The lowest BCUT2D eigenvalue weighted by atomic mass is 10.1. The first-order valence-electron chi connectivity index (χ1n) is 4.36. The van der Waals surface area contributed by atoms with Crippen molar-refractivity contribution in [2.24, 2.45) is 0 Å². The summed E-state index contributed by atoms with van der Waals surface area (Å²) in [6, 6.07) is 2.36. The number of nitrogens with zero attached hydrogens (tertiary/aromatic N) is 1. The number of nitriles is 1. The molecule has 0 bridgehead atoms. The standard InChI is InChI=1S/C10H5F4NO3/c1-17-9(16)7-3-6(18-10(12,13)14)2-5(4-15)8(7)11/h2-3H,1H3. The van der Waals surface area contributed by atoms with Crippen LogP contribution in [-0.2, 0) is 4.74 Å². The molecular formula is C10H5F4NO3. The molecule has 0 atom stereocenters. The average molecular weight is 263 g/mol. The van der Waals surface area contributed by atoms with Crippen LogP contribution in [0, 0.1) is 17.1 Å². The Morgan fingerprint density at radius 2 is 2.00 bits per heavy atom. The van der Waals surface area contributed by atoms with Gasteiger partial charge in [-0.3, -0.25) is 0 Å². The minimum Gasteiger partial charge on any atom is -0.465 e. The van der Waals surface area contributed by atoms with E-state index in [1.807, 2.05) is 0 Å². The molecule has 0 heterocycles. The van der Waals surface area contributed by atoms with Gasteiger partial charge in [0.15, 0.2) is 5.82 Å². The Kier molecular flexibility index (Phi) is 3.76. The molecule has 0 saturated heterocycles. The number of hydrogen-bond acceptors (Lipinski definition) is 4. The van der Waals surface area contributed by atoms with Gasteiger partial charge in [0, 0.05) is 6.07 Å². The molecule has 96 valence electrons. The number of methoxy groups -OCH3 is 1. The Balaban J connectivity index is 3.32. The maximum Gasteiger partial charge on any atom is 0.573 e. The van der Waals surface area contributed by atoms with E-state index in [2.05, 4.69) is 9.47 Å². The van der Waals surface area contributed by atoms with Crippen molar-refractivity contribution in [1.82, 2.24) is 0 Å². The van der Waals surface area contributed by atoms with Gasteiger partial charge in [-0.25, -0.2) is 9.18 Å². The number of carbonyl (C=O) groups excluding carboxylic acids is 1. The number of hydrogen-bond donors (Lipinski definition) is 0. The number of rotatable bonds is 2. The molecule has 1 rings (SSSR count). The first-order valence-corrected chi connectivity index (χ1v) is 4.36. The van der Waals surface area contributed by atoms with Crippen LogP contribution >= 0.6 is 0 Å². The van der Waals surface area contributed by atoms with Gasteiger partial charge in [0.2, 0.25) is 0 Å². The Morgan fingerprint density at radius 3 is 2.44 bits per heavy atom. The fourth-order valence-electron chi connectivity index (χ4n) is 1.13. The molecule has 0 aliphatic rings. The fourth-order valence-corrected chi connectivity index (χ4v) is 1.13. The third-order valence-electron chi connectivity index (χ3n) is 1.81. The monoisotopic (exact) mass is 263 g/mol. The molecule has 0 radical (unpaired) electrons. The van der Waals surface area contributed by atoms with Crippen LogP contribution in [0.5, 0.6) is 5.75 Å². The van der Waals surface area contributed by atoms with Crippen molar-refractivity contribution in [3.8, 4) is 11.8 Å². The first kappa shape index (κ1) is 13.8. The van der Waals surface area contributed by atoms with E-state index in [0.29, 0.717) is 12.1 Å². The molecule has 1 aromatic rings. The summed E-state index contributed by atoms with van der Waals surface area (Å²) in [6.07, 6.45) is -5.02. The molecule has 0 aromatic heterocycles. The predicted octanol–water partition coefficient (Wildman–Crippen LogP) is 2.38. The van der Waals surface area contributed by atoms with E-state index in [9.17, 15) is 22.4 Å². The van der Waals surface area contributed by atoms with Gasteiger partial charge in [-0.05, 0) is 6.07 Å². The van der Waals surface area contributed by atoms with E-state index in [-0.39, 0.29) is 0 Å². The topological polar surface area (TPSA) is 59.3 Å². The summed E-state index contributed by atoms with van der Waals surface area (Å²) in [5.74, 6) is -3.35. The maximum absolute atomic E-state index is 13.5. The summed E-state index contributed by atoms with van der Waals surface area (Å²) in [7, 11) is 0.922. The van der Waals surface area contributed by atoms with E-state index < -0.39 is 35.0 Å². The zero-order valence-corrected chi connectivity index (χ0v) is 8.84. The van der Waals surface area contributed by atoms with Gasteiger partial charge in [-0.15, -0.1) is 13.2 Å². The molecule has 4 nitrogen and oxygen atoms in total. The maximum atomic E-state index is 13.5. The Labute approximate surface area is 98.3 Å². The number of halogens is 4. The van der Waals surface area contributed by atoms with Gasteiger partial charge in [-0.1, -0.05) is 0 Å². The summed E-state index contributed by atoms with van der Waals surface area (Å²) < 4.78 is 57.1. The van der Waals surface area contributed by atoms with Gasteiger partial charge >= 0.3 is 12.3 Å². The Bertz CT molecular complexity index is 519. The molecule has 0 amide bonds. The summed E-state index contributed by atoms with van der Waals surface area (Å²) in [5, 5.41) is 8.54. The smallest absolute Gasteiger partial charge is 0.465 e. The van der Waals surface area contributed by atoms with E-state index in [1.165, 1.54) is 6.07 Å². The van der Waals surface area contributed by atoms with E-state index in [1.54, 1.807) is 0 Å². The van der Waals surface area contributed by atoms with Crippen molar-refractivity contribution in [2.75, 3.05) is 7.11 Å². The Morgan fingerprint density at radius 1 is 1.39 bits per heavy atom. The molecule has 18 heavy (non-hydrogen) atoms. The molecule has 0 spiro atoms. The van der Waals surface area contributed by atoms with Crippen molar-refractivity contribution >= 4 is 5.97 Å². The predicted molar refractivity (Wildman–Crippen MR) is 49.1 cm³/mol. The number of ether oxygens (including phenoxy) is 2. The third-order valence-corrected chi connectivity index (χ3v) is 1.81. The molecule has 8 heteroatoms. The van der Waals surface area contributed by atoms with Gasteiger partial charge in [-0.2, -0.15) is 5.26 Å². The summed E-state index contributed by atoms with van der Waals surface area (Å²) in [5.41, 5.74) is -1.56. The summed E-state index contributed by atoms with van der Waals surface area (Å²) in [4.78, 5) is 11.1. The van der Waals surface area contributed by atoms with Gasteiger partial charge in [0.05, 0.1) is 12.7 Å². The van der Waals surface area contributed by atoms with Crippen LogP contribution in [-0.4, -0.2) is 19.4 Å². The molecule has 0 N–H and O–H groups in total. The van der Waals surface area contributed by atoms with Crippen LogP contribution in [0.25, 0.3) is 0 Å². The number of alkyl halides is 3. The fraction of sp³-hybridized carbons (Fsp3) is 0.200. The van der Waals surface area contributed by atoms with Crippen LogP contribution in [0.1, 0.15) is 15.9 Å². The SMILES string of the molecule is COC(=O)c1cc(OC(F)(F)F)cc(C#N)c1F. The lowest BCUT2D eigenvalue weighted by molar-refractivity contribution is -0.274. The van der Waals surface area contributed by atoms with Gasteiger partial charge < -0.3 is 9.47 Å². The minimum atomic E-state index is -5.02. The molecule has 0 unspecified atom stereocenters. The van der Waals surface area contributed by atoms with Crippen LogP contribution in [0.2, 0.25) is 0 Å². The highest BCUT2D eigenvalue weighted by molar-refractivity contribution is 5.90. The number of benzene rings is 1. The van der Waals surface area contributed by atoms with Crippen molar-refractivity contribution in [1.29, 1.82) is 5.26 Å². The second-order valence-corrected chi connectivity index (χ2v) is 2.98. The largest absolute Gasteiger partial charge is 0.573 e. The lowest BCUT2D eigenvalue weighted by Gasteiger charge is -2.11. The van der Waals surface area contributed by atoms with Crippen molar-refractivity contribution in [3.63, 3.8) is 0 Å². The van der Waals surface area contributed by atoms with Crippen molar-refractivity contribution < 1.29 is 31.8 Å². The third kappa shape index (κ3) is 3.10. The zero-order valence-electron chi connectivity index (χ0n) is 8.84. The highest BCUT2D eigenvalue weighted by Crippen LogP contribution is 2.27. The normalized spacial score (nSPS) is 10.7. The quantitative estimate of drug-likeness (QED) is 0.607. The molecule has 0 aliphatic carbocycles. The highest BCUT2D eigenvalue weighted by atomic mass is 19.4. The number of esters is 1. The van der Waals surface area contributed by atoms with Crippen LogP contribution in [0.15, 0.2) is 12.1 Å². The van der Waals surface area contributed by atoms with Gasteiger partial charge in [0.1, 0.15) is 17.4 Å². The number of carbonyl (C=O) groups is 1. The molecule has 0 fully saturated rings. The first-order chi connectivity index (χ1) is 8.28. The molecular weight excluding hydrogens is 258 g/mol. The second kappa shape index (κ2) is 4.91. The lowest BCUT2D eigenvalue weighted by Crippen LogP contribution is -2.18. The summed E-state index contributed by atoms with van der Waals surface area (Å²) >= 11 is 0. The molecule has 1 aromatic carbocycles. The second-order valence-electron chi connectivity index (χ2n) is 2.98.